The number of likely N-dealkylation sites (tertiary alicyclic amines) is 1. The van der Waals surface area contributed by atoms with Crippen molar-refractivity contribution in [3.05, 3.63) is 17.0 Å². The van der Waals surface area contributed by atoms with Crippen LogP contribution in [0.2, 0.25) is 0 Å². The van der Waals surface area contributed by atoms with Gasteiger partial charge in [-0.25, -0.2) is 0 Å². The molecule has 1 aromatic heterocycles. The van der Waals surface area contributed by atoms with Gasteiger partial charge in [0.1, 0.15) is 11.1 Å². The molecule has 0 saturated carbocycles. The highest BCUT2D eigenvalue weighted by Gasteiger charge is 2.22. The number of anilines is 1. The monoisotopic (exact) mass is 293 g/mol. The van der Waals surface area contributed by atoms with E-state index in [1.165, 1.54) is 11.3 Å². The molecule has 0 bridgehead atoms. The Morgan fingerprint density at radius 3 is 3.15 bits per heavy atom. The summed E-state index contributed by atoms with van der Waals surface area (Å²) in [6.45, 7) is 1.21. The number of thiophene rings is 1. The van der Waals surface area contributed by atoms with E-state index in [0.717, 1.165) is 32.2 Å². The summed E-state index contributed by atoms with van der Waals surface area (Å²) in [5.41, 5.74) is 0.498. The fourth-order valence-corrected chi connectivity index (χ4v) is 3.25. The third-order valence-corrected chi connectivity index (χ3v) is 4.42. The highest BCUT2D eigenvalue weighted by molar-refractivity contribution is 7.14. The van der Waals surface area contributed by atoms with Crippen molar-refractivity contribution >= 4 is 22.2 Å². The molecule has 2 N–H and O–H groups in total. The topological polar surface area (TPSA) is 76.4 Å². The Bertz CT molecular complexity index is 495. The van der Waals surface area contributed by atoms with Crippen molar-refractivity contribution in [1.29, 1.82) is 5.26 Å². The van der Waals surface area contributed by atoms with E-state index in [4.69, 9.17) is 5.26 Å². The summed E-state index contributed by atoms with van der Waals surface area (Å²) in [7, 11) is 0. The molecule has 0 aromatic carbocycles. The van der Waals surface area contributed by atoms with E-state index in [1.54, 1.807) is 11.4 Å². The Hall–Kier alpha value is -1.42. The molecule has 2 rings (SSSR count). The number of amides is 1. The Kier molecular flexibility index (Phi) is 5.53. The molecule has 1 saturated heterocycles. The summed E-state index contributed by atoms with van der Waals surface area (Å²) in [5, 5.41) is 23.5. The summed E-state index contributed by atoms with van der Waals surface area (Å²) < 4.78 is 0. The van der Waals surface area contributed by atoms with Crippen LogP contribution in [-0.2, 0) is 4.79 Å². The molecule has 108 valence electrons. The van der Waals surface area contributed by atoms with Crippen LogP contribution in [0.5, 0.6) is 0 Å². The summed E-state index contributed by atoms with van der Waals surface area (Å²) in [4.78, 5) is 14.1. The highest BCUT2D eigenvalue weighted by atomic mass is 32.1. The standard InChI is InChI=1S/C14H19N3O2S/c15-8-11-5-7-20-14(11)16-13(19)9-17-6-3-1-2-4-12(17)10-18/h5,7,12,18H,1-4,6,9-10H2,(H,16,19). The van der Waals surface area contributed by atoms with Crippen LogP contribution < -0.4 is 5.32 Å². The van der Waals surface area contributed by atoms with Gasteiger partial charge in [0.15, 0.2) is 0 Å². The van der Waals surface area contributed by atoms with E-state index in [-0.39, 0.29) is 25.1 Å². The third kappa shape index (κ3) is 3.79. The number of carbonyl (C=O) groups is 1. The minimum atomic E-state index is -0.121. The molecule has 1 aliphatic rings. The van der Waals surface area contributed by atoms with Gasteiger partial charge < -0.3 is 10.4 Å². The van der Waals surface area contributed by atoms with Crippen LogP contribution in [0.25, 0.3) is 0 Å². The number of nitrogens with zero attached hydrogens (tertiary/aromatic N) is 2. The van der Waals surface area contributed by atoms with Gasteiger partial charge in [-0.05, 0) is 30.8 Å². The van der Waals surface area contributed by atoms with Crippen molar-refractivity contribution in [1.82, 2.24) is 4.90 Å². The van der Waals surface area contributed by atoms with Gasteiger partial charge in [-0.1, -0.05) is 12.8 Å². The van der Waals surface area contributed by atoms with Gasteiger partial charge in [0.2, 0.25) is 5.91 Å². The van der Waals surface area contributed by atoms with Crippen molar-refractivity contribution in [2.75, 3.05) is 25.0 Å². The first-order valence-electron chi connectivity index (χ1n) is 6.87. The highest BCUT2D eigenvalue weighted by Crippen LogP contribution is 2.22. The number of rotatable bonds is 4. The smallest absolute Gasteiger partial charge is 0.239 e. The van der Waals surface area contributed by atoms with Gasteiger partial charge >= 0.3 is 0 Å². The van der Waals surface area contributed by atoms with Gasteiger partial charge in [0.05, 0.1) is 18.7 Å². The summed E-state index contributed by atoms with van der Waals surface area (Å²) in [5.74, 6) is -0.121. The number of hydrogen-bond acceptors (Lipinski definition) is 5. The lowest BCUT2D eigenvalue weighted by molar-refractivity contribution is -0.118. The van der Waals surface area contributed by atoms with Crippen LogP contribution in [0, 0.1) is 11.3 Å². The fraction of sp³-hybridized carbons (Fsp3) is 0.571. The van der Waals surface area contributed by atoms with Crippen LogP contribution in [-0.4, -0.2) is 41.7 Å². The molecule has 1 fully saturated rings. The van der Waals surface area contributed by atoms with Gasteiger partial charge in [0.25, 0.3) is 0 Å². The molecule has 0 radical (unpaired) electrons. The molecule has 1 atom stereocenters. The molecule has 5 nitrogen and oxygen atoms in total. The van der Waals surface area contributed by atoms with E-state index < -0.39 is 0 Å². The Morgan fingerprint density at radius 2 is 2.40 bits per heavy atom. The predicted octanol–water partition coefficient (Wildman–Crippen LogP) is 1.80. The molecular formula is C14H19N3O2S. The van der Waals surface area contributed by atoms with E-state index in [0.29, 0.717) is 10.6 Å². The van der Waals surface area contributed by atoms with Crippen molar-refractivity contribution in [3.8, 4) is 6.07 Å². The van der Waals surface area contributed by atoms with Crippen molar-refractivity contribution in [2.24, 2.45) is 0 Å². The minimum Gasteiger partial charge on any atom is -0.395 e. The normalized spacial score (nSPS) is 20.1. The van der Waals surface area contributed by atoms with Crippen molar-refractivity contribution in [2.45, 2.75) is 31.7 Å². The summed E-state index contributed by atoms with van der Waals surface area (Å²) in [6, 6.07) is 3.83. The first-order valence-corrected chi connectivity index (χ1v) is 7.75. The quantitative estimate of drug-likeness (QED) is 0.887. The lowest BCUT2D eigenvalue weighted by atomic mass is 10.1. The summed E-state index contributed by atoms with van der Waals surface area (Å²) in [6.07, 6.45) is 4.25. The second kappa shape index (κ2) is 7.39. The molecule has 1 aromatic rings. The number of nitrogens with one attached hydrogen (secondary N) is 1. The minimum absolute atomic E-state index is 0.0713. The average molecular weight is 293 g/mol. The first-order chi connectivity index (χ1) is 9.74. The number of nitriles is 1. The van der Waals surface area contributed by atoms with Crippen LogP contribution in [0.15, 0.2) is 11.4 Å². The molecule has 1 unspecified atom stereocenters. The zero-order valence-electron chi connectivity index (χ0n) is 11.3. The van der Waals surface area contributed by atoms with E-state index >= 15 is 0 Å². The zero-order chi connectivity index (χ0) is 14.4. The Morgan fingerprint density at radius 1 is 1.55 bits per heavy atom. The molecule has 0 aliphatic carbocycles. The van der Waals surface area contributed by atoms with Crippen LogP contribution in [0.1, 0.15) is 31.2 Å². The molecule has 1 amide bonds. The van der Waals surface area contributed by atoms with E-state index in [2.05, 4.69) is 11.4 Å². The fourth-order valence-electron chi connectivity index (χ4n) is 2.50. The van der Waals surface area contributed by atoms with E-state index in [1.807, 2.05) is 4.90 Å². The van der Waals surface area contributed by atoms with Gasteiger partial charge in [-0.15, -0.1) is 11.3 Å². The van der Waals surface area contributed by atoms with E-state index in [9.17, 15) is 9.90 Å². The molecule has 6 heteroatoms. The molecular weight excluding hydrogens is 274 g/mol. The third-order valence-electron chi connectivity index (χ3n) is 3.60. The second-order valence-corrected chi connectivity index (χ2v) is 5.90. The lowest BCUT2D eigenvalue weighted by Crippen LogP contribution is -2.42. The zero-order valence-corrected chi connectivity index (χ0v) is 12.2. The number of aliphatic hydroxyl groups is 1. The molecule has 20 heavy (non-hydrogen) atoms. The largest absolute Gasteiger partial charge is 0.395 e. The molecule has 1 aliphatic heterocycles. The van der Waals surface area contributed by atoms with Crippen molar-refractivity contribution in [3.63, 3.8) is 0 Å². The average Bonchev–Trinajstić information content (AvgIpc) is 2.76. The van der Waals surface area contributed by atoms with Crippen LogP contribution >= 0.6 is 11.3 Å². The Balaban J connectivity index is 1.94. The summed E-state index contributed by atoms with van der Waals surface area (Å²) >= 11 is 1.35. The van der Waals surface area contributed by atoms with Gasteiger partial charge in [-0.3, -0.25) is 9.69 Å². The maximum absolute atomic E-state index is 12.1. The van der Waals surface area contributed by atoms with Crippen molar-refractivity contribution < 1.29 is 9.90 Å². The number of aliphatic hydroxyl groups excluding tert-OH is 1. The number of carbonyl (C=O) groups excluding carboxylic acids is 1. The molecule has 0 spiro atoms. The lowest BCUT2D eigenvalue weighted by Gasteiger charge is -2.27. The van der Waals surface area contributed by atoms with Crippen LogP contribution in [0.4, 0.5) is 5.00 Å². The SMILES string of the molecule is N#Cc1ccsc1NC(=O)CN1CCCCCC1CO. The maximum atomic E-state index is 12.1. The predicted molar refractivity (Wildman–Crippen MR) is 78.6 cm³/mol. The first kappa shape index (κ1) is 15.0. The number of hydrogen-bond donors (Lipinski definition) is 2. The Labute approximate surface area is 122 Å². The van der Waals surface area contributed by atoms with Gasteiger partial charge in [0, 0.05) is 6.04 Å². The molecule has 2 heterocycles. The van der Waals surface area contributed by atoms with Gasteiger partial charge in [-0.2, -0.15) is 5.26 Å². The second-order valence-electron chi connectivity index (χ2n) is 4.98. The maximum Gasteiger partial charge on any atom is 0.239 e. The van der Waals surface area contributed by atoms with Crippen LogP contribution in [0.3, 0.4) is 0 Å².